The van der Waals surface area contributed by atoms with Gasteiger partial charge in [-0.15, -0.1) is 24.0 Å². The summed E-state index contributed by atoms with van der Waals surface area (Å²) in [7, 11) is 0. The molecule has 1 aromatic rings. The standard InChI is InChI=1S/C17H27N3O2.HI/c1-4-18-17(19-12-6-7-16(21)22-5-2)20-13-15-10-8-14(3)9-11-15;/h8-11H,4-7,12-13H2,1-3H3,(H2,18,19,20);1H. The summed E-state index contributed by atoms with van der Waals surface area (Å²) in [6.07, 6.45) is 1.16. The van der Waals surface area contributed by atoms with Gasteiger partial charge in [0.05, 0.1) is 13.2 Å². The molecule has 5 nitrogen and oxygen atoms in total. The maximum absolute atomic E-state index is 11.3. The Hall–Kier alpha value is -1.31. The van der Waals surface area contributed by atoms with Crippen LogP contribution in [-0.2, 0) is 16.1 Å². The molecule has 0 saturated carbocycles. The number of nitrogens with zero attached hydrogens (tertiary/aromatic N) is 1. The van der Waals surface area contributed by atoms with Crippen molar-refractivity contribution in [2.45, 2.75) is 40.2 Å². The van der Waals surface area contributed by atoms with Gasteiger partial charge < -0.3 is 15.4 Å². The van der Waals surface area contributed by atoms with E-state index in [0.717, 1.165) is 18.9 Å². The lowest BCUT2D eigenvalue weighted by Gasteiger charge is -2.11. The Labute approximate surface area is 156 Å². The average molecular weight is 433 g/mol. The second kappa shape index (κ2) is 13.2. The molecule has 0 bridgehead atoms. The number of nitrogens with one attached hydrogen (secondary N) is 2. The predicted octanol–water partition coefficient (Wildman–Crippen LogP) is 3.01. The molecule has 6 heteroatoms. The number of carbonyl (C=O) groups is 1. The molecule has 0 radical (unpaired) electrons. The molecule has 0 aromatic heterocycles. The highest BCUT2D eigenvalue weighted by molar-refractivity contribution is 14.0. The molecule has 0 fully saturated rings. The van der Waals surface area contributed by atoms with Gasteiger partial charge in [-0.25, -0.2) is 4.99 Å². The van der Waals surface area contributed by atoms with E-state index in [0.29, 0.717) is 26.1 Å². The second-order valence-electron chi connectivity index (χ2n) is 5.02. The van der Waals surface area contributed by atoms with Crippen molar-refractivity contribution in [3.63, 3.8) is 0 Å². The first kappa shape index (κ1) is 21.7. The van der Waals surface area contributed by atoms with Gasteiger partial charge >= 0.3 is 5.97 Å². The Morgan fingerprint density at radius 2 is 1.87 bits per heavy atom. The first-order valence-electron chi connectivity index (χ1n) is 7.89. The summed E-state index contributed by atoms with van der Waals surface area (Å²) in [5.41, 5.74) is 2.42. The van der Waals surface area contributed by atoms with Crippen LogP contribution in [-0.4, -0.2) is 31.6 Å². The van der Waals surface area contributed by atoms with Crippen LogP contribution in [0.3, 0.4) is 0 Å². The Morgan fingerprint density at radius 3 is 2.48 bits per heavy atom. The van der Waals surface area contributed by atoms with Crippen molar-refractivity contribution in [1.29, 1.82) is 0 Å². The number of esters is 1. The highest BCUT2D eigenvalue weighted by Gasteiger charge is 2.02. The first-order valence-corrected chi connectivity index (χ1v) is 7.89. The summed E-state index contributed by atoms with van der Waals surface area (Å²) in [5, 5.41) is 6.43. The quantitative estimate of drug-likeness (QED) is 0.218. The molecule has 0 unspecified atom stereocenters. The number of hydrogen-bond donors (Lipinski definition) is 2. The lowest BCUT2D eigenvalue weighted by molar-refractivity contribution is -0.143. The van der Waals surface area contributed by atoms with E-state index in [9.17, 15) is 4.79 Å². The maximum atomic E-state index is 11.3. The average Bonchev–Trinajstić information content (AvgIpc) is 2.51. The highest BCUT2D eigenvalue weighted by atomic mass is 127. The molecule has 130 valence electrons. The molecule has 0 saturated heterocycles. The molecule has 0 aliphatic heterocycles. The molecule has 2 N–H and O–H groups in total. The van der Waals surface area contributed by atoms with E-state index in [-0.39, 0.29) is 29.9 Å². The molecule has 0 heterocycles. The molecular weight excluding hydrogens is 405 g/mol. The maximum Gasteiger partial charge on any atom is 0.305 e. The van der Waals surface area contributed by atoms with Crippen LogP contribution in [0.5, 0.6) is 0 Å². The van der Waals surface area contributed by atoms with Gasteiger partial charge in [0.15, 0.2) is 5.96 Å². The summed E-state index contributed by atoms with van der Waals surface area (Å²) in [6, 6.07) is 8.35. The fourth-order valence-corrected chi connectivity index (χ4v) is 1.88. The van der Waals surface area contributed by atoms with Gasteiger partial charge in [0.2, 0.25) is 0 Å². The minimum absolute atomic E-state index is 0. The SMILES string of the molecule is CCNC(=NCc1ccc(C)cc1)NCCCC(=O)OCC.I. The van der Waals surface area contributed by atoms with E-state index in [2.05, 4.69) is 46.8 Å². The molecule has 23 heavy (non-hydrogen) atoms. The smallest absolute Gasteiger partial charge is 0.305 e. The number of hydrogen-bond acceptors (Lipinski definition) is 3. The highest BCUT2D eigenvalue weighted by Crippen LogP contribution is 2.04. The first-order chi connectivity index (χ1) is 10.7. The Bertz CT molecular complexity index is 475. The van der Waals surface area contributed by atoms with E-state index in [1.807, 2.05) is 13.8 Å². The number of benzene rings is 1. The van der Waals surface area contributed by atoms with Crippen molar-refractivity contribution < 1.29 is 9.53 Å². The monoisotopic (exact) mass is 433 g/mol. The number of rotatable bonds is 8. The van der Waals surface area contributed by atoms with Crippen LogP contribution in [0.1, 0.15) is 37.8 Å². The number of aliphatic imine (C=N–C) groups is 1. The second-order valence-corrected chi connectivity index (χ2v) is 5.02. The Balaban J connectivity index is 0.00000484. The molecule has 0 amide bonds. The Morgan fingerprint density at radius 1 is 1.17 bits per heavy atom. The van der Waals surface area contributed by atoms with Crippen LogP contribution in [0, 0.1) is 6.92 Å². The lowest BCUT2D eigenvalue weighted by Crippen LogP contribution is -2.37. The lowest BCUT2D eigenvalue weighted by atomic mass is 10.1. The van der Waals surface area contributed by atoms with E-state index in [1.165, 1.54) is 11.1 Å². The van der Waals surface area contributed by atoms with Crippen molar-refractivity contribution in [1.82, 2.24) is 10.6 Å². The zero-order valence-electron chi connectivity index (χ0n) is 14.2. The summed E-state index contributed by atoms with van der Waals surface area (Å²) < 4.78 is 4.90. The molecule has 0 spiro atoms. The van der Waals surface area contributed by atoms with Crippen molar-refractivity contribution >= 4 is 35.9 Å². The fourth-order valence-electron chi connectivity index (χ4n) is 1.88. The van der Waals surface area contributed by atoms with Gasteiger partial charge in [-0.1, -0.05) is 29.8 Å². The zero-order valence-corrected chi connectivity index (χ0v) is 16.6. The third-order valence-corrected chi connectivity index (χ3v) is 3.04. The molecule has 1 rings (SSSR count). The minimum Gasteiger partial charge on any atom is -0.466 e. The number of halogens is 1. The van der Waals surface area contributed by atoms with Crippen molar-refractivity contribution in [3.05, 3.63) is 35.4 Å². The van der Waals surface area contributed by atoms with Crippen LogP contribution < -0.4 is 10.6 Å². The number of ether oxygens (including phenoxy) is 1. The van der Waals surface area contributed by atoms with Crippen LogP contribution in [0.2, 0.25) is 0 Å². The topological polar surface area (TPSA) is 62.7 Å². The predicted molar refractivity (Wildman–Crippen MR) is 105 cm³/mol. The van der Waals surface area contributed by atoms with Crippen molar-refractivity contribution in [3.8, 4) is 0 Å². The molecular formula is C17H28IN3O2. The summed E-state index contributed by atoms with van der Waals surface area (Å²) in [4.78, 5) is 15.8. The zero-order chi connectivity index (χ0) is 16.2. The van der Waals surface area contributed by atoms with Gasteiger partial charge in [0, 0.05) is 19.5 Å². The van der Waals surface area contributed by atoms with Gasteiger partial charge in [0.25, 0.3) is 0 Å². The number of aryl methyl sites for hydroxylation is 1. The van der Waals surface area contributed by atoms with Gasteiger partial charge in [0.1, 0.15) is 0 Å². The molecule has 0 atom stereocenters. The van der Waals surface area contributed by atoms with Crippen molar-refractivity contribution in [2.24, 2.45) is 4.99 Å². The van der Waals surface area contributed by atoms with Gasteiger partial charge in [-0.3, -0.25) is 4.79 Å². The number of carbonyl (C=O) groups excluding carboxylic acids is 1. The van der Waals surface area contributed by atoms with E-state index in [1.54, 1.807) is 0 Å². The summed E-state index contributed by atoms with van der Waals surface area (Å²) in [6.45, 7) is 8.48. The Kier molecular flexibility index (Phi) is 12.4. The normalized spacial score (nSPS) is 10.7. The third-order valence-electron chi connectivity index (χ3n) is 3.04. The van der Waals surface area contributed by atoms with Gasteiger partial charge in [-0.2, -0.15) is 0 Å². The summed E-state index contributed by atoms with van der Waals surface area (Å²) >= 11 is 0. The van der Waals surface area contributed by atoms with E-state index >= 15 is 0 Å². The van der Waals surface area contributed by atoms with Gasteiger partial charge in [-0.05, 0) is 32.8 Å². The van der Waals surface area contributed by atoms with E-state index in [4.69, 9.17) is 4.74 Å². The molecule has 1 aromatic carbocycles. The molecule has 0 aliphatic carbocycles. The molecule has 0 aliphatic rings. The van der Waals surface area contributed by atoms with Crippen molar-refractivity contribution in [2.75, 3.05) is 19.7 Å². The third kappa shape index (κ3) is 10.1. The summed E-state index contributed by atoms with van der Waals surface area (Å²) in [5.74, 6) is 0.623. The van der Waals surface area contributed by atoms with E-state index < -0.39 is 0 Å². The van der Waals surface area contributed by atoms with Crippen LogP contribution in [0.4, 0.5) is 0 Å². The van der Waals surface area contributed by atoms with Crippen LogP contribution in [0.15, 0.2) is 29.3 Å². The largest absolute Gasteiger partial charge is 0.466 e. The van der Waals surface area contributed by atoms with Crippen LogP contribution in [0.25, 0.3) is 0 Å². The fraction of sp³-hybridized carbons (Fsp3) is 0.529. The van der Waals surface area contributed by atoms with Crippen LogP contribution >= 0.6 is 24.0 Å². The number of guanidine groups is 1. The minimum atomic E-state index is -0.147.